The molecular weight excluding hydrogens is 242 g/mol. The summed E-state index contributed by atoms with van der Waals surface area (Å²) in [6.45, 7) is 4.74. The molecule has 0 aromatic heterocycles. The molecule has 0 spiro atoms. The van der Waals surface area contributed by atoms with Gasteiger partial charge >= 0.3 is 0 Å². The summed E-state index contributed by atoms with van der Waals surface area (Å²) in [7, 11) is 0. The first-order valence-corrected chi connectivity index (χ1v) is 9.52. The quantitative estimate of drug-likeness (QED) is 0.605. The first-order chi connectivity index (χ1) is 9.76. The molecule has 0 amide bonds. The molecule has 4 aliphatic rings. The highest BCUT2D eigenvalue weighted by Gasteiger charge is 2.48. The van der Waals surface area contributed by atoms with E-state index in [0.717, 1.165) is 35.8 Å². The average molecular weight is 277 g/mol. The van der Waals surface area contributed by atoms with Crippen molar-refractivity contribution in [1.82, 2.24) is 5.32 Å². The normalized spacial score (nSPS) is 40.2. The Morgan fingerprint density at radius 1 is 0.850 bits per heavy atom. The third kappa shape index (κ3) is 3.40. The topological polar surface area (TPSA) is 12.0 Å². The summed E-state index contributed by atoms with van der Waals surface area (Å²) in [4.78, 5) is 0. The van der Waals surface area contributed by atoms with E-state index in [2.05, 4.69) is 19.2 Å². The largest absolute Gasteiger partial charge is 0.311 e. The third-order valence-corrected chi connectivity index (χ3v) is 6.44. The van der Waals surface area contributed by atoms with E-state index in [-0.39, 0.29) is 0 Å². The zero-order valence-corrected chi connectivity index (χ0v) is 13.7. The van der Waals surface area contributed by atoms with E-state index in [1.807, 2.05) is 0 Å². The maximum Gasteiger partial charge on any atom is 0.0126 e. The second kappa shape index (κ2) is 6.81. The molecule has 0 radical (unpaired) electrons. The van der Waals surface area contributed by atoms with Gasteiger partial charge in [0.15, 0.2) is 0 Å². The van der Waals surface area contributed by atoms with Gasteiger partial charge in [0.05, 0.1) is 0 Å². The molecule has 1 N–H and O–H groups in total. The van der Waals surface area contributed by atoms with Gasteiger partial charge in [0.2, 0.25) is 0 Å². The van der Waals surface area contributed by atoms with Crippen LogP contribution in [0.2, 0.25) is 0 Å². The van der Waals surface area contributed by atoms with Gasteiger partial charge in [0.25, 0.3) is 0 Å². The van der Waals surface area contributed by atoms with Crippen molar-refractivity contribution in [2.45, 2.75) is 96.6 Å². The lowest BCUT2D eigenvalue weighted by atomic mass is 9.54. The summed E-state index contributed by atoms with van der Waals surface area (Å²) < 4.78 is 0. The molecule has 4 fully saturated rings. The Bertz CT molecular complexity index is 270. The van der Waals surface area contributed by atoms with E-state index in [9.17, 15) is 0 Å². The summed E-state index contributed by atoms with van der Waals surface area (Å²) in [5, 5.41) is 4.05. The summed E-state index contributed by atoms with van der Waals surface area (Å²) in [6, 6.07) is 1.63. The first kappa shape index (κ1) is 14.9. The van der Waals surface area contributed by atoms with Crippen molar-refractivity contribution in [3.8, 4) is 0 Å². The van der Waals surface area contributed by atoms with Crippen LogP contribution in [-0.2, 0) is 0 Å². The van der Waals surface area contributed by atoms with Gasteiger partial charge in [-0.1, -0.05) is 39.0 Å². The smallest absolute Gasteiger partial charge is 0.0126 e. The highest BCUT2D eigenvalue weighted by Crippen LogP contribution is 2.53. The predicted octanol–water partition coefficient (Wildman–Crippen LogP) is 5.15. The molecule has 4 bridgehead atoms. The van der Waals surface area contributed by atoms with Crippen LogP contribution in [0.5, 0.6) is 0 Å². The van der Waals surface area contributed by atoms with Gasteiger partial charge in [0, 0.05) is 12.1 Å². The van der Waals surface area contributed by atoms with Crippen LogP contribution >= 0.6 is 0 Å². The number of unbranched alkanes of at least 4 members (excludes halogenated alkanes) is 4. The molecule has 0 heterocycles. The van der Waals surface area contributed by atoms with Crippen molar-refractivity contribution in [3.05, 3.63) is 0 Å². The molecule has 4 saturated carbocycles. The van der Waals surface area contributed by atoms with E-state index in [1.165, 1.54) is 38.5 Å². The molecule has 116 valence electrons. The Hall–Kier alpha value is -0.0400. The first-order valence-electron chi connectivity index (χ1n) is 9.52. The number of nitrogens with one attached hydrogen (secondary N) is 1. The van der Waals surface area contributed by atoms with Crippen LogP contribution in [0.1, 0.15) is 84.5 Å². The predicted molar refractivity (Wildman–Crippen MR) is 86.8 cm³/mol. The van der Waals surface area contributed by atoms with Crippen molar-refractivity contribution in [3.63, 3.8) is 0 Å². The van der Waals surface area contributed by atoms with Crippen LogP contribution in [0, 0.1) is 23.7 Å². The van der Waals surface area contributed by atoms with Gasteiger partial charge < -0.3 is 5.32 Å². The van der Waals surface area contributed by atoms with E-state index in [0.29, 0.717) is 0 Å². The van der Waals surface area contributed by atoms with Crippen LogP contribution in [-0.4, -0.2) is 12.1 Å². The highest BCUT2D eigenvalue weighted by molar-refractivity contribution is 5.01. The fourth-order valence-corrected chi connectivity index (χ4v) is 5.66. The van der Waals surface area contributed by atoms with Gasteiger partial charge in [-0.25, -0.2) is 0 Å². The van der Waals surface area contributed by atoms with E-state index < -0.39 is 0 Å². The fraction of sp³-hybridized carbons (Fsp3) is 1.00. The molecular formula is C19H35N. The molecule has 0 aromatic rings. The minimum atomic E-state index is 0.749. The van der Waals surface area contributed by atoms with Crippen molar-refractivity contribution >= 4 is 0 Å². The lowest BCUT2D eigenvalue weighted by Crippen LogP contribution is -2.56. The Balaban J connectivity index is 1.39. The minimum absolute atomic E-state index is 0.749. The van der Waals surface area contributed by atoms with Gasteiger partial charge in [-0.3, -0.25) is 0 Å². The molecule has 20 heavy (non-hydrogen) atoms. The average Bonchev–Trinajstić information content (AvgIpc) is 2.42. The Morgan fingerprint density at radius 3 is 2.05 bits per heavy atom. The summed E-state index contributed by atoms with van der Waals surface area (Å²) in [5.74, 6) is 4.29. The fourth-order valence-electron chi connectivity index (χ4n) is 5.66. The molecule has 1 nitrogen and oxygen atoms in total. The van der Waals surface area contributed by atoms with E-state index in [4.69, 9.17) is 0 Å². The zero-order valence-electron chi connectivity index (χ0n) is 13.7. The van der Waals surface area contributed by atoms with Crippen LogP contribution in [0.25, 0.3) is 0 Å². The maximum absolute atomic E-state index is 4.05. The number of hydrogen-bond acceptors (Lipinski definition) is 1. The second-order valence-electron chi connectivity index (χ2n) is 8.23. The molecule has 0 aliphatic heterocycles. The molecule has 0 saturated heterocycles. The molecule has 4 aliphatic carbocycles. The molecule has 1 heteroatoms. The van der Waals surface area contributed by atoms with Gasteiger partial charge in [-0.05, 0) is 69.1 Å². The van der Waals surface area contributed by atoms with E-state index in [1.54, 1.807) is 32.1 Å². The minimum Gasteiger partial charge on any atom is -0.311 e. The Labute approximate surface area is 126 Å². The number of rotatable bonds is 8. The van der Waals surface area contributed by atoms with Crippen molar-refractivity contribution in [2.24, 2.45) is 23.7 Å². The molecule has 4 rings (SSSR count). The lowest BCUT2D eigenvalue weighted by molar-refractivity contribution is -0.0173. The van der Waals surface area contributed by atoms with E-state index >= 15 is 0 Å². The summed E-state index contributed by atoms with van der Waals surface area (Å²) >= 11 is 0. The Kier molecular flexibility index (Phi) is 5.07. The van der Waals surface area contributed by atoms with Gasteiger partial charge in [-0.2, -0.15) is 0 Å². The standard InChI is InChI=1S/C19H35N/c1-3-4-5-6-7-8-14(2)20-19-17-10-15-9-16(12-17)13-18(19)11-15/h14-20H,3-13H2,1-2H3. The second-order valence-corrected chi connectivity index (χ2v) is 8.23. The summed E-state index contributed by atoms with van der Waals surface area (Å²) in [6.07, 6.45) is 16.3. The SMILES string of the molecule is CCCCCCCC(C)NC1C2CC3CC(C2)CC1C3. The zero-order chi connectivity index (χ0) is 13.9. The van der Waals surface area contributed by atoms with Crippen molar-refractivity contribution < 1.29 is 0 Å². The van der Waals surface area contributed by atoms with Crippen molar-refractivity contribution in [1.29, 1.82) is 0 Å². The van der Waals surface area contributed by atoms with Gasteiger partial charge in [-0.15, -0.1) is 0 Å². The maximum atomic E-state index is 4.05. The van der Waals surface area contributed by atoms with Crippen molar-refractivity contribution in [2.75, 3.05) is 0 Å². The number of hydrogen-bond donors (Lipinski definition) is 1. The molecule has 1 atom stereocenters. The highest BCUT2D eigenvalue weighted by atomic mass is 15.0. The van der Waals surface area contributed by atoms with Gasteiger partial charge in [0.1, 0.15) is 0 Å². The van der Waals surface area contributed by atoms with Crippen LogP contribution in [0.3, 0.4) is 0 Å². The van der Waals surface area contributed by atoms with Crippen LogP contribution in [0.4, 0.5) is 0 Å². The molecule has 0 aromatic carbocycles. The third-order valence-electron chi connectivity index (χ3n) is 6.44. The van der Waals surface area contributed by atoms with Crippen LogP contribution in [0.15, 0.2) is 0 Å². The lowest BCUT2D eigenvalue weighted by Gasteiger charge is -2.55. The summed E-state index contributed by atoms with van der Waals surface area (Å²) in [5.41, 5.74) is 0. The monoisotopic (exact) mass is 277 g/mol. The van der Waals surface area contributed by atoms with Crippen LogP contribution < -0.4 is 5.32 Å². The molecule has 1 unspecified atom stereocenters. The Morgan fingerprint density at radius 2 is 1.45 bits per heavy atom.